The molecule has 0 saturated heterocycles. The van der Waals surface area contributed by atoms with Crippen LogP contribution in [0, 0.1) is 5.92 Å². The van der Waals surface area contributed by atoms with E-state index in [1.807, 2.05) is 24.3 Å². The molecule has 4 atom stereocenters. The molecule has 0 radical (unpaired) electrons. The quantitative estimate of drug-likeness (QED) is 0.480. The highest BCUT2D eigenvalue weighted by atomic mass is 19.3. The van der Waals surface area contributed by atoms with Gasteiger partial charge in [0.05, 0.1) is 19.3 Å². The predicted molar refractivity (Wildman–Crippen MR) is 95.5 cm³/mol. The number of hydrogen-bond donors (Lipinski definition) is 4. The third kappa shape index (κ3) is 6.51. The monoisotopic (exact) mass is 387 g/mol. The van der Waals surface area contributed by atoms with E-state index >= 15 is 0 Å². The second-order valence-electron chi connectivity index (χ2n) is 6.99. The predicted octanol–water partition coefficient (Wildman–Crippen LogP) is 1.44. The third-order valence-electron chi connectivity index (χ3n) is 4.24. The number of nitrogens with one attached hydrogen (secondary N) is 1. The highest BCUT2D eigenvalue weighted by molar-refractivity contribution is 5.28. The van der Waals surface area contributed by atoms with Gasteiger partial charge in [-0.25, -0.2) is 0 Å². The van der Waals surface area contributed by atoms with Crippen LogP contribution in [0.4, 0.5) is 8.78 Å². The van der Waals surface area contributed by atoms with Crippen LogP contribution in [-0.4, -0.2) is 59.5 Å². The first-order valence-electron chi connectivity index (χ1n) is 8.87. The van der Waals surface area contributed by atoms with Crippen molar-refractivity contribution in [1.29, 1.82) is 0 Å². The van der Waals surface area contributed by atoms with Gasteiger partial charge in [0.2, 0.25) is 0 Å². The van der Waals surface area contributed by atoms with Gasteiger partial charge in [-0.05, 0) is 29.2 Å². The smallest absolute Gasteiger partial charge is 0.345 e. The summed E-state index contributed by atoms with van der Waals surface area (Å²) in [4.78, 5) is 0. The number of hydrogen-bond acceptors (Lipinski definition) is 6. The van der Waals surface area contributed by atoms with Crippen LogP contribution in [0.3, 0.4) is 0 Å². The van der Waals surface area contributed by atoms with E-state index in [0.717, 1.165) is 11.3 Å². The summed E-state index contributed by atoms with van der Waals surface area (Å²) in [6, 6.07) is 6.71. The minimum Gasteiger partial charge on any atom is -0.493 e. The minimum absolute atomic E-state index is 0.100. The van der Waals surface area contributed by atoms with Crippen LogP contribution in [0.25, 0.3) is 0 Å². The molecule has 0 aliphatic heterocycles. The van der Waals surface area contributed by atoms with Crippen LogP contribution in [0.1, 0.15) is 19.4 Å². The van der Waals surface area contributed by atoms with Crippen LogP contribution in [0.15, 0.2) is 35.9 Å². The number of aliphatic hydroxyl groups excluding tert-OH is 3. The largest absolute Gasteiger partial charge is 0.493 e. The van der Waals surface area contributed by atoms with E-state index in [-0.39, 0.29) is 5.57 Å². The molecule has 0 bridgehead atoms. The Bertz CT molecular complexity index is 609. The number of halogens is 2. The third-order valence-corrected chi connectivity index (χ3v) is 4.24. The molecule has 0 heterocycles. The van der Waals surface area contributed by atoms with Crippen molar-refractivity contribution in [3.8, 4) is 5.75 Å². The standard InChI is InChI=1S/C19H27F2NO5/c1-11(2)9-26-14-5-3-12(4-6-14)8-22-15-7-13(10-27-19(20)21)16(23)18(25)17(15)24/h3-7,11,15-19,22-25H,8-10H2,1-2H3/t15-,16+,17+,18+/m1/s1. The lowest BCUT2D eigenvalue weighted by atomic mass is 9.88. The number of benzene rings is 1. The Morgan fingerprint density at radius 3 is 2.33 bits per heavy atom. The first-order chi connectivity index (χ1) is 12.8. The Balaban J connectivity index is 1.96. The second-order valence-corrected chi connectivity index (χ2v) is 6.99. The van der Waals surface area contributed by atoms with Crippen LogP contribution in [0.5, 0.6) is 5.75 Å². The van der Waals surface area contributed by atoms with Crippen LogP contribution in [0.2, 0.25) is 0 Å². The molecular weight excluding hydrogens is 360 g/mol. The molecule has 1 aliphatic carbocycles. The summed E-state index contributed by atoms with van der Waals surface area (Å²) in [5.41, 5.74) is 1.02. The molecule has 4 N–H and O–H groups in total. The maximum absolute atomic E-state index is 12.2. The fourth-order valence-electron chi connectivity index (χ4n) is 2.72. The number of rotatable bonds is 9. The summed E-state index contributed by atoms with van der Waals surface area (Å²) in [7, 11) is 0. The van der Waals surface area contributed by atoms with Crippen molar-refractivity contribution < 1.29 is 33.6 Å². The Kier molecular flexibility index (Phi) is 8.12. The molecule has 8 heteroatoms. The van der Waals surface area contributed by atoms with Gasteiger partial charge in [0.1, 0.15) is 24.1 Å². The van der Waals surface area contributed by atoms with Crippen molar-refractivity contribution in [1.82, 2.24) is 5.32 Å². The molecule has 27 heavy (non-hydrogen) atoms. The highest BCUT2D eigenvalue weighted by Crippen LogP contribution is 2.22. The van der Waals surface area contributed by atoms with Gasteiger partial charge >= 0.3 is 6.61 Å². The zero-order valence-electron chi connectivity index (χ0n) is 15.4. The van der Waals surface area contributed by atoms with Crippen LogP contribution in [-0.2, 0) is 11.3 Å². The van der Waals surface area contributed by atoms with E-state index in [0.29, 0.717) is 19.1 Å². The Morgan fingerprint density at radius 2 is 1.74 bits per heavy atom. The van der Waals surface area contributed by atoms with E-state index in [4.69, 9.17) is 4.74 Å². The Morgan fingerprint density at radius 1 is 1.07 bits per heavy atom. The van der Waals surface area contributed by atoms with Gasteiger partial charge in [0.25, 0.3) is 0 Å². The summed E-state index contributed by atoms with van der Waals surface area (Å²) < 4.78 is 34.3. The summed E-state index contributed by atoms with van der Waals surface area (Å²) >= 11 is 0. The van der Waals surface area contributed by atoms with E-state index in [2.05, 4.69) is 23.9 Å². The zero-order chi connectivity index (χ0) is 20.0. The fourth-order valence-corrected chi connectivity index (χ4v) is 2.72. The maximum Gasteiger partial charge on any atom is 0.345 e. The van der Waals surface area contributed by atoms with Gasteiger partial charge in [-0.2, -0.15) is 8.78 Å². The van der Waals surface area contributed by atoms with Crippen LogP contribution < -0.4 is 10.1 Å². The van der Waals surface area contributed by atoms with Gasteiger partial charge in [0, 0.05) is 6.54 Å². The molecule has 0 unspecified atom stereocenters. The zero-order valence-corrected chi connectivity index (χ0v) is 15.4. The Labute approximate surface area is 157 Å². The van der Waals surface area contributed by atoms with Crippen LogP contribution >= 0.6 is 0 Å². The number of alkyl halides is 2. The number of aliphatic hydroxyl groups is 3. The molecular formula is C19H27F2NO5. The van der Waals surface area contributed by atoms with Crippen molar-refractivity contribution in [2.75, 3.05) is 13.2 Å². The molecule has 0 amide bonds. The first kappa shape index (κ1) is 21.7. The minimum atomic E-state index is -2.98. The lowest BCUT2D eigenvalue weighted by Crippen LogP contribution is -2.54. The molecule has 2 rings (SSSR count). The van der Waals surface area contributed by atoms with Crippen molar-refractivity contribution in [2.24, 2.45) is 5.92 Å². The van der Waals surface area contributed by atoms with Crippen molar-refractivity contribution in [3.05, 3.63) is 41.5 Å². The molecule has 1 aliphatic rings. The highest BCUT2D eigenvalue weighted by Gasteiger charge is 2.37. The molecule has 0 saturated carbocycles. The molecule has 6 nitrogen and oxygen atoms in total. The van der Waals surface area contributed by atoms with Gasteiger partial charge < -0.3 is 30.1 Å². The molecule has 1 aromatic carbocycles. The average Bonchev–Trinajstić information content (AvgIpc) is 2.63. The molecule has 152 valence electrons. The van der Waals surface area contributed by atoms with E-state index in [1.54, 1.807) is 0 Å². The van der Waals surface area contributed by atoms with E-state index in [9.17, 15) is 24.1 Å². The SMILES string of the molecule is CC(C)COc1ccc(CN[C@@H]2C=C(COC(F)F)[C@H](O)[C@H](O)[C@H]2O)cc1. The topological polar surface area (TPSA) is 91.2 Å². The first-order valence-corrected chi connectivity index (χ1v) is 8.87. The molecule has 0 aromatic heterocycles. The van der Waals surface area contributed by atoms with Gasteiger partial charge in [-0.15, -0.1) is 0 Å². The van der Waals surface area contributed by atoms with E-state index < -0.39 is 37.6 Å². The fraction of sp³-hybridized carbons (Fsp3) is 0.579. The molecule has 1 aromatic rings. The molecule has 0 spiro atoms. The lowest BCUT2D eigenvalue weighted by Gasteiger charge is -2.35. The van der Waals surface area contributed by atoms with Gasteiger partial charge in [-0.1, -0.05) is 32.1 Å². The lowest BCUT2D eigenvalue weighted by molar-refractivity contribution is -0.129. The summed E-state index contributed by atoms with van der Waals surface area (Å²) in [6.07, 6.45) is -2.79. The Hall–Kier alpha value is -1.58. The maximum atomic E-state index is 12.2. The normalized spacial score (nSPS) is 25.7. The van der Waals surface area contributed by atoms with Crippen molar-refractivity contribution >= 4 is 0 Å². The van der Waals surface area contributed by atoms with Gasteiger partial charge in [-0.3, -0.25) is 0 Å². The van der Waals surface area contributed by atoms with Gasteiger partial charge in [0.15, 0.2) is 0 Å². The summed E-state index contributed by atoms with van der Waals surface area (Å²) in [6.45, 7) is 1.61. The summed E-state index contributed by atoms with van der Waals surface area (Å²) in [5, 5.41) is 33.0. The van der Waals surface area contributed by atoms with Crippen molar-refractivity contribution in [3.63, 3.8) is 0 Å². The van der Waals surface area contributed by atoms with E-state index in [1.165, 1.54) is 6.08 Å². The van der Waals surface area contributed by atoms with Crippen molar-refractivity contribution in [2.45, 2.75) is 51.4 Å². The summed E-state index contributed by atoms with van der Waals surface area (Å²) in [5.74, 6) is 1.19. The number of ether oxygens (including phenoxy) is 2. The average molecular weight is 387 g/mol. The molecule has 0 fully saturated rings. The second kappa shape index (κ2) is 10.1.